The molecule has 168 valence electrons. The Morgan fingerprint density at radius 3 is 2.29 bits per heavy atom. The zero-order valence-corrected chi connectivity index (χ0v) is 19.7. The van der Waals surface area contributed by atoms with Crippen molar-refractivity contribution < 1.29 is 18.0 Å². The van der Waals surface area contributed by atoms with Gasteiger partial charge in [-0.2, -0.15) is 0 Å². The average molecular weight is 466 g/mol. The maximum Gasteiger partial charge on any atom is 0.244 e. The monoisotopic (exact) mass is 465 g/mol. The van der Waals surface area contributed by atoms with E-state index in [4.69, 9.17) is 11.6 Å². The van der Waals surface area contributed by atoms with Gasteiger partial charge in [0.25, 0.3) is 0 Å². The molecule has 0 aliphatic heterocycles. The molecule has 2 rings (SSSR count). The van der Waals surface area contributed by atoms with Crippen LogP contribution in [-0.4, -0.2) is 51.0 Å². The molecule has 0 unspecified atom stereocenters. The van der Waals surface area contributed by atoms with Crippen molar-refractivity contribution in [1.82, 2.24) is 10.2 Å². The summed E-state index contributed by atoms with van der Waals surface area (Å²) in [6.45, 7) is 3.50. The third-order valence-corrected chi connectivity index (χ3v) is 6.26. The third-order valence-electron chi connectivity index (χ3n) is 4.88. The highest BCUT2D eigenvalue weighted by Crippen LogP contribution is 2.23. The first-order valence-corrected chi connectivity index (χ1v) is 12.1. The van der Waals surface area contributed by atoms with Crippen molar-refractivity contribution in [1.29, 1.82) is 0 Å². The first-order chi connectivity index (χ1) is 14.6. The molecule has 0 saturated heterocycles. The third kappa shape index (κ3) is 6.70. The van der Waals surface area contributed by atoms with Gasteiger partial charge in [-0.1, -0.05) is 54.4 Å². The highest BCUT2D eigenvalue weighted by molar-refractivity contribution is 7.92. The fraction of sp³-hybridized carbons (Fsp3) is 0.364. The number of carbonyl (C=O) groups excluding carboxylic acids is 2. The summed E-state index contributed by atoms with van der Waals surface area (Å²) in [4.78, 5) is 27.3. The van der Waals surface area contributed by atoms with Gasteiger partial charge in [0.05, 0.1) is 11.9 Å². The number of amides is 2. The molecule has 0 aliphatic rings. The van der Waals surface area contributed by atoms with E-state index in [0.717, 1.165) is 21.7 Å². The number of nitrogens with one attached hydrogen (secondary N) is 1. The maximum atomic E-state index is 13.4. The molecule has 0 bridgehead atoms. The van der Waals surface area contributed by atoms with Gasteiger partial charge >= 0.3 is 0 Å². The van der Waals surface area contributed by atoms with E-state index in [9.17, 15) is 18.0 Å². The second kappa shape index (κ2) is 10.6. The summed E-state index contributed by atoms with van der Waals surface area (Å²) in [7, 11) is -2.27. The molecule has 0 saturated carbocycles. The number of sulfonamides is 1. The van der Waals surface area contributed by atoms with Crippen LogP contribution in [-0.2, 0) is 26.2 Å². The molecule has 1 N–H and O–H groups in total. The molecule has 7 nitrogen and oxygen atoms in total. The van der Waals surface area contributed by atoms with Crippen molar-refractivity contribution in [3.8, 4) is 0 Å². The van der Waals surface area contributed by atoms with Crippen LogP contribution in [0.25, 0.3) is 0 Å². The Bertz CT molecular complexity index is 1030. The zero-order chi connectivity index (χ0) is 23.2. The number of benzene rings is 2. The van der Waals surface area contributed by atoms with Crippen LogP contribution >= 0.6 is 11.6 Å². The largest absolute Gasteiger partial charge is 0.357 e. The van der Waals surface area contributed by atoms with Crippen molar-refractivity contribution in [2.24, 2.45) is 0 Å². The molecular formula is C22H28ClN3O4S. The lowest BCUT2D eigenvalue weighted by Crippen LogP contribution is -2.51. The summed E-state index contributed by atoms with van der Waals surface area (Å²) in [6.07, 6.45) is 1.41. The summed E-state index contributed by atoms with van der Waals surface area (Å²) in [6, 6.07) is 13.2. The Morgan fingerprint density at radius 2 is 1.77 bits per heavy atom. The molecule has 0 fully saturated rings. The van der Waals surface area contributed by atoms with Crippen molar-refractivity contribution in [3.05, 3.63) is 64.7 Å². The van der Waals surface area contributed by atoms with Gasteiger partial charge in [0.1, 0.15) is 12.6 Å². The lowest BCUT2D eigenvalue weighted by molar-refractivity contribution is -0.140. The number of nitrogens with zero attached hydrogens (tertiary/aromatic N) is 2. The molecule has 0 spiro atoms. The molecule has 2 amide bonds. The molecule has 1 atom stereocenters. The van der Waals surface area contributed by atoms with Gasteiger partial charge in [0.15, 0.2) is 0 Å². The number of anilines is 1. The van der Waals surface area contributed by atoms with Crippen molar-refractivity contribution in [2.75, 3.05) is 24.2 Å². The molecular weight excluding hydrogens is 438 g/mol. The molecule has 2 aromatic rings. The Balaban J connectivity index is 2.41. The smallest absolute Gasteiger partial charge is 0.244 e. The van der Waals surface area contributed by atoms with Gasteiger partial charge in [-0.05, 0) is 37.1 Å². The van der Waals surface area contributed by atoms with Gasteiger partial charge in [0.2, 0.25) is 21.8 Å². The molecule has 0 heterocycles. The minimum Gasteiger partial charge on any atom is -0.357 e. The Kier molecular flexibility index (Phi) is 8.47. The Morgan fingerprint density at radius 1 is 1.13 bits per heavy atom. The van der Waals surface area contributed by atoms with Crippen LogP contribution in [0.5, 0.6) is 0 Å². The quantitative estimate of drug-likeness (QED) is 0.616. The number of hydrogen-bond acceptors (Lipinski definition) is 4. The summed E-state index contributed by atoms with van der Waals surface area (Å²) in [5.41, 5.74) is 2.20. The minimum atomic E-state index is -3.77. The van der Waals surface area contributed by atoms with Gasteiger partial charge in [-0.15, -0.1) is 0 Å². The van der Waals surface area contributed by atoms with Crippen molar-refractivity contribution >= 4 is 39.1 Å². The number of aryl methyl sites for hydroxylation is 1. The minimum absolute atomic E-state index is 0.179. The fourth-order valence-corrected chi connectivity index (χ4v) is 4.25. The van der Waals surface area contributed by atoms with E-state index in [0.29, 0.717) is 11.4 Å². The summed E-state index contributed by atoms with van der Waals surface area (Å²) < 4.78 is 25.9. The Hall–Kier alpha value is -2.58. The average Bonchev–Trinajstić information content (AvgIpc) is 2.72. The van der Waals surface area contributed by atoms with E-state index in [-0.39, 0.29) is 18.1 Å². The van der Waals surface area contributed by atoms with Crippen LogP contribution in [0, 0.1) is 6.92 Å². The molecule has 31 heavy (non-hydrogen) atoms. The second-order valence-electron chi connectivity index (χ2n) is 7.30. The summed E-state index contributed by atoms with van der Waals surface area (Å²) in [5.74, 6) is -0.793. The number of halogens is 1. The van der Waals surface area contributed by atoms with Gasteiger partial charge < -0.3 is 10.2 Å². The van der Waals surface area contributed by atoms with Gasteiger partial charge in [-0.25, -0.2) is 8.42 Å². The van der Waals surface area contributed by atoms with E-state index in [1.165, 1.54) is 18.0 Å². The maximum absolute atomic E-state index is 13.4. The zero-order valence-electron chi connectivity index (χ0n) is 18.1. The fourth-order valence-electron chi connectivity index (χ4n) is 3.22. The van der Waals surface area contributed by atoms with Crippen LogP contribution in [0.3, 0.4) is 0 Å². The molecule has 0 aromatic heterocycles. The lowest BCUT2D eigenvalue weighted by atomic mass is 10.1. The normalized spacial score (nSPS) is 12.2. The van der Waals surface area contributed by atoms with Gasteiger partial charge in [-0.3, -0.25) is 13.9 Å². The standard InChI is InChI=1S/C22H28ClN3O4S/c1-5-20(22(28)24-3)25(14-17-11-9-16(2)10-12-17)21(27)15-26(31(4,29)30)19-8-6-7-18(23)13-19/h6-13,20H,5,14-15H2,1-4H3,(H,24,28)/t20-/m1/s1. The van der Waals surface area contributed by atoms with E-state index in [1.807, 2.05) is 31.2 Å². The predicted molar refractivity (Wildman–Crippen MR) is 124 cm³/mol. The number of rotatable bonds is 9. The summed E-state index contributed by atoms with van der Waals surface area (Å²) in [5, 5.41) is 2.94. The first kappa shape index (κ1) is 24.7. The lowest BCUT2D eigenvalue weighted by Gasteiger charge is -2.32. The molecule has 0 radical (unpaired) electrons. The van der Waals surface area contributed by atoms with E-state index in [2.05, 4.69) is 5.32 Å². The van der Waals surface area contributed by atoms with Crippen molar-refractivity contribution in [3.63, 3.8) is 0 Å². The van der Waals surface area contributed by atoms with Crippen LogP contribution in [0.1, 0.15) is 24.5 Å². The first-order valence-electron chi connectivity index (χ1n) is 9.86. The Labute approximate surface area is 189 Å². The van der Waals surface area contributed by atoms with E-state index >= 15 is 0 Å². The summed E-state index contributed by atoms with van der Waals surface area (Å²) >= 11 is 6.02. The highest BCUT2D eigenvalue weighted by atomic mass is 35.5. The number of carbonyl (C=O) groups is 2. The molecule has 2 aromatic carbocycles. The van der Waals surface area contributed by atoms with Gasteiger partial charge in [0, 0.05) is 18.6 Å². The molecule has 9 heteroatoms. The SMILES string of the molecule is CC[C@H](C(=O)NC)N(Cc1ccc(C)cc1)C(=O)CN(c1cccc(Cl)c1)S(C)(=O)=O. The molecule has 0 aliphatic carbocycles. The van der Waals surface area contributed by atoms with Crippen LogP contribution in [0.15, 0.2) is 48.5 Å². The highest BCUT2D eigenvalue weighted by Gasteiger charge is 2.31. The number of hydrogen-bond donors (Lipinski definition) is 1. The number of likely N-dealkylation sites (N-methyl/N-ethyl adjacent to an activating group) is 1. The topological polar surface area (TPSA) is 86.8 Å². The van der Waals surface area contributed by atoms with Crippen molar-refractivity contribution in [2.45, 2.75) is 32.9 Å². The van der Waals surface area contributed by atoms with E-state index in [1.54, 1.807) is 25.1 Å². The van der Waals surface area contributed by atoms with E-state index < -0.39 is 28.5 Å². The predicted octanol–water partition coefficient (Wildman–Crippen LogP) is 2.97. The van der Waals surface area contributed by atoms with Crippen LogP contribution in [0.2, 0.25) is 5.02 Å². The van der Waals surface area contributed by atoms with Crippen LogP contribution < -0.4 is 9.62 Å². The second-order valence-corrected chi connectivity index (χ2v) is 9.64. The van der Waals surface area contributed by atoms with Crippen LogP contribution in [0.4, 0.5) is 5.69 Å².